The van der Waals surface area contributed by atoms with Crippen molar-refractivity contribution in [1.82, 2.24) is 4.72 Å². The number of nitrogens with zero attached hydrogens (tertiary/aromatic N) is 1. The van der Waals surface area contributed by atoms with Gasteiger partial charge in [-0.1, -0.05) is 0 Å². The number of nitro groups is 1. The second-order valence-corrected chi connectivity index (χ2v) is 7.34. The third kappa shape index (κ3) is 3.74. The number of aliphatic hydroxyl groups is 1. The maximum atomic E-state index is 13.2. The Morgan fingerprint density at radius 3 is 2.24 bits per heavy atom. The molecule has 0 saturated heterocycles. The van der Waals surface area contributed by atoms with E-state index in [4.69, 9.17) is 0 Å². The zero-order chi connectivity index (χ0) is 16.6. The molecule has 2 N–H and O–H groups in total. The number of benzene rings is 1. The van der Waals surface area contributed by atoms with Crippen LogP contribution in [0.1, 0.15) is 27.7 Å². The monoisotopic (exact) mass is 320 g/mol. The molecule has 0 heterocycles. The highest BCUT2D eigenvalue weighted by Gasteiger charge is 2.39. The Hall–Kier alpha value is -1.58. The highest BCUT2D eigenvalue weighted by atomic mass is 32.2. The summed E-state index contributed by atoms with van der Waals surface area (Å²) in [7, 11) is -4.16. The van der Waals surface area contributed by atoms with E-state index in [-0.39, 0.29) is 0 Å². The molecule has 1 aromatic carbocycles. The number of sulfonamides is 1. The van der Waals surface area contributed by atoms with E-state index in [2.05, 4.69) is 4.72 Å². The summed E-state index contributed by atoms with van der Waals surface area (Å²) in [5, 5.41) is 20.6. The number of nitro benzene ring substituents is 1. The summed E-state index contributed by atoms with van der Waals surface area (Å²) in [6.07, 6.45) is 0. The van der Waals surface area contributed by atoms with Gasteiger partial charge >= 0.3 is 5.69 Å². The molecule has 0 spiro atoms. The van der Waals surface area contributed by atoms with Crippen LogP contribution < -0.4 is 4.72 Å². The highest BCUT2D eigenvalue weighted by Crippen LogP contribution is 2.26. The maximum Gasteiger partial charge on any atom is 0.306 e. The number of hydrogen-bond acceptors (Lipinski definition) is 5. The predicted molar refractivity (Wildman–Crippen MR) is 73.8 cm³/mol. The van der Waals surface area contributed by atoms with Gasteiger partial charge in [0, 0.05) is 6.07 Å². The van der Waals surface area contributed by atoms with Crippen molar-refractivity contribution in [1.29, 1.82) is 0 Å². The summed E-state index contributed by atoms with van der Waals surface area (Å²) in [6.45, 7) is 5.76. The molecular weight excluding hydrogens is 303 g/mol. The van der Waals surface area contributed by atoms with Crippen molar-refractivity contribution in [2.75, 3.05) is 0 Å². The molecule has 0 aliphatic rings. The Labute approximate surface area is 122 Å². The van der Waals surface area contributed by atoms with Gasteiger partial charge in [-0.2, -0.15) is 4.39 Å². The third-order valence-corrected chi connectivity index (χ3v) is 5.00. The SMILES string of the molecule is CC(C)(O)C(C)(C)NS(=O)(=O)c1ccc(F)c([N+](=O)[O-])c1. The van der Waals surface area contributed by atoms with E-state index < -0.39 is 42.5 Å². The Balaban J connectivity index is 3.27. The molecule has 0 saturated carbocycles. The Kier molecular flexibility index (Phi) is 4.42. The van der Waals surface area contributed by atoms with Crippen molar-refractivity contribution in [2.45, 2.75) is 43.7 Å². The molecule has 21 heavy (non-hydrogen) atoms. The number of nitrogens with one attached hydrogen (secondary N) is 1. The molecule has 0 fully saturated rings. The molecule has 0 bridgehead atoms. The lowest BCUT2D eigenvalue weighted by Crippen LogP contribution is -2.57. The van der Waals surface area contributed by atoms with Crippen molar-refractivity contribution in [3.8, 4) is 0 Å². The first-order valence-corrected chi connectivity index (χ1v) is 7.46. The molecular formula is C12H17FN2O5S. The topological polar surface area (TPSA) is 110 Å². The smallest absolute Gasteiger partial charge is 0.306 e. The Morgan fingerprint density at radius 2 is 1.81 bits per heavy atom. The lowest BCUT2D eigenvalue weighted by molar-refractivity contribution is -0.387. The molecule has 9 heteroatoms. The quantitative estimate of drug-likeness (QED) is 0.632. The first-order valence-electron chi connectivity index (χ1n) is 5.98. The lowest BCUT2D eigenvalue weighted by Gasteiger charge is -2.37. The van der Waals surface area contributed by atoms with Crippen molar-refractivity contribution in [2.24, 2.45) is 0 Å². The minimum absolute atomic E-state index is 0.451. The molecule has 0 aliphatic heterocycles. The fraction of sp³-hybridized carbons (Fsp3) is 0.500. The summed E-state index contributed by atoms with van der Waals surface area (Å²) in [5.41, 5.74) is -3.56. The van der Waals surface area contributed by atoms with E-state index in [1.807, 2.05) is 0 Å². The fourth-order valence-electron chi connectivity index (χ4n) is 1.32. The lowest BCUT2D eigenvalue weighted by atomic mass is 9.87. The van der Waals surface area contributed by atoms with Crippen LogP contribution in [-0.4, -0.2) is 29.6 Å². The molecule has 0 aromatic heterocycles. The van der Waals surface area contributed by atoms with Crippen molar-refractivity contribution in [3.05, 3.63) is 34.1 Å². The Morgan fingerprint density at radius 1 is 1.29 bits per heavy atom. The molecule has 1 rings (SSSR count). The minimum Gasteiger partial charge on any atom is -0.389 e. The van der Waals surface area contributed by atoms with Gasteiger partial charge < -0.3 is 5.11 Å². The van der Waals surface area contributed by atoms with Gasteiger partial charge in [-0.3, -0.25) is 10.1 Å². The van der Waals surface area contributed by atoms with Crippen molar-refractivity contribution < 1.29 is 22.8 Å². The van der Waals surface area contributed by atoms with Crippen molar-refractivity contribution in [3.63, 3.8) is 0 Å². The normalized spacial score (nSPS) is 13.2. The molecule has 1 aromatic rings. The van der Waals surface area contributed by atoms with Crippen LogP contribution >= 0.6 is 0 Å². The molecule has 7 nitrogen and oxygen atoms in total. The summed E-state index contributed by atoms with van der Waals surface area (Å²) >= 11 is 0. The maximum absolute atomic E-state index is 13.2. The van der Waals surface area contributed by atoms with Crippen LogP contribution in [-0.2, 0) is 10.0 Å². The third-order valence-electron chi connectivity index (χ3n) is 3.34. The van der Waals surface area contributed by atoms with Gasteiger partial charge in [-0.15, -0.1) is 0 Å². The van der Waals surface area contributed by atoms with E-state index in [1.165, 1.54) is 27.7 Å². The van der Waals surface area contributed by atoms with Gasteiger partial charge in [0.25, 0.3) is 0 Å². The van der Waals surface area contributed by atoms with E-state index in [9.17, 15) is 28.0 Å². The first-order chi connectivity index (χ1) is 9.28. The fourth-order valence-corrected chi connectivity index (χ4v) is 2.87. The van der Waals surface area contributed by atoms with Crippen LogP contribution in [0.2, 0.25) is 0 Å². The molecule has 0 amide bonds. The summed E-state index contributed by atoms with van der Waals surface area (Å²) < 4.78 is 39.9. The summed E-state index contributed by atoms with van der Waals surface area (Å²) in [6, 6.07) is 2.27. The number of hydrogen-bond donors (Lipinski definition) is 2. The zero-order valence-corrected chi connectivity index (χ0v) is 12.9. The second-order valence-electron chi connectivity index (χ2n) is 5.66. The van der Waals surface area contributed by atoms with Gasteiger partial charge in [0.15, 0.2) is 0 Å². The predicted octanol–water partition coefficient (Wildman–Crippen LogP) is 1.56. The summed E-state index contributed by atoms with van der Waals surface area (Å²) in [4.78, 5) is 9.20. The average molecular weight is 320 g/mol. The summed E-state index contributed by atoms with van der Waals surface area (Å²) in [5.74, 6) is -1.12. The Bertz CT molecular complexity index is 665. The van der Waals surface area contributed by atoms with Crippen LogP contribution in [0, 0.1) is 15.9 Å². The first kappa shape index (κ1) is 17.5. The van der Waals surface area contributed by atoms with Gasteiger partial charge in [0.1, 0.15) is 0 Å². The van der Waals surface area contributed by atoms with Crippen LogP contribution in [0.25, 0.3) is 0 Å². The van der Waals surface area contributed by atoms with Crippen LogP contribution in [0.4, 0.5) is 10.1 Å². The molecule has 0 atom stereocenters. The van der Waals surface area contributed by atoms with E-state index in [0.29, 0.717) is 12.1 Å². The van der Waals surface area contributed by atoms with Gasteiger partial charge in [-0.05, 0) is 39.8 Å². The molecule has 0 aliphatic carbocycles. The van der Waals surface area contributed by atoms with E-state index >= 15 is 0 Å². The zero-order valence-electron chi connectivity index (χ0n) is 12.0. The van der Waals surface area contributed by atoms with Crippen LogP contribution in [0.3, 0.4) is 0 Å². The largest absolute Gasteiger partial charge is 0.389 e. The van der Waals surface area contributed by atoms with E-state index in [0.717, 1.165) is 6.07 Å². The number of halogens is 1. The average Bonchev–Trinajstić information content (AvgIpc) is 2.25. The van der Waals surface area contributed by atoms with Gasteiger partial charge in [0.05, 0.1) is 21.0 Å². The van der Waals surface area contributed by atoms with Gasteiger partial charge in [0.2, 0.25) is 15.8 Å². The standard InChI is InChI=1S/C12H17FN2O5S/c1-11(2,12(3,4)16)14-21(19,20)8-5-6-9(13)10(7-8)15(17)18/h5-7,14,16H,1-4H3. The van der Waals surface area contributed by atoms with Crippen LogP contribution in [0.5, 0.6) is 0 Å². The van der Waals surface area contributed by atoms with E-state index in [1.54, 1.807) is 0 Å². The molecule has 0 unspecified atom stereocenters. The van der Waals surface area contributed by atoms with Crippen LogP contribution in [0.15, 0.2) is 23.1 Å². The molecule has 118 valence electrons. The van der Waals surface area contributed by atoms with Crippen molar-refractivity contribution >= 4 is 15.7 Å². The minimum atomic E-state index is -4.16. The van der Waals surface area contributed by atoms with Gasteiger partial charge in [-0.25, -0.2) is 13.1 Å². The molecule has 0 radical (unpaired) electrons. The number of rotatable bonds is 5. The highest BCUT2D eigenvalue weighted by molar-refractivity contribution is 7.89. The second kappa shape index (κ2) is 5.32.